The van der Waals surface area contributed by atoms with Crippen LogP contribution < -0.4 is 11.1 Å². The molecule has 1 fully saturated rings. The van der Waals surface area contributed by atoms with Gasteiger partial charge < -0.3 is 11.1 Å². The van der Waals surface area contributed by atoms with Crippen LogP contribution in [0.25, 0.3) is 0 Å². The second kappa shape index (κ2) is 5.25. The van der Waals surface area contributed by atoms with Crippen molar-refractivity contribution in [3.63, 3.8) is 0 Å². The Hall–Kier alpha value is -1.49. The van der Waals surface area contributed by atoms with Crippen molar-refractivity contribution in [2.75, 3.05) is 6.54 Å². The molecular weight excluding hydrogens is 250 g/mol. The van der Waals surface area contributed by atoms with Crippen molar-refractivity contribution in [2.24, 2.45) is 11.1 Å². The number of benzene rings is 1. The van der Waals surface area contributed by atoms with Crippen molar-refractivity contribution in [2.45, 2.75) is 32.2 Å². The summed E-state index contributed by atoms with van der Waals surface area (Å²) < 4.78 is 26.4. The molecule has 0 saturated heterocycles. The van der Waals surface area contributed by atoms with Crippen molar-refractivity contribution in [3.05, 3.63) is 35.4 Å². The van der Waals surface area contributed by atoms with Crippen LogP contribution >= 0.6 is 0 Å². The zero-order chi connectivity index (χ0) is 14.0. The van der Waals surface area contributed by atoms with Crippen LogP contribution in [-0.4, -0.2) is 12.5 Å². The summed E-state index contributed by atoms with van der Waals surface area (Å²) in [5.41, 5.74) is 5.43. The molecule has 3 nitrogen and oxygen atoms in total. The van der Waals surface area contributed by atoms with E-state index >= 15 is 0 Å². The van der Waals surface area contributed by atoms with E-state index in [1.807, 2.05) is 0 Å². The van der Waals surface area contributed by atoms with Gasteiger partial charge in [0.25, 0.3) is 0 Å². The normalized spacial score (nSPS) is 18.5. The van der Waals surface area contributed by atoms with Crippen LogP contribution in [0.3, 0.4) is 0 Å². The summed E-state index contributed by atoms with van der Waals surface area (Å²) in [7, 11) is 0. The molecule has 1 aliphatic carbocycles. The van der Waals surface area contributed by atoms with Crippen LogP contribution in [0.2, 0.25) is 0 Å². The van der Waals surface area contributed by atoms with Crippen LogP contribution in [0.15, 0.2) is 18.2 Å². The third kappa shape index (κ3) is 2.61. The molecule has 1 unspecified atom stereocenters. The third-order valence-electron chi connectivity index (χ3n) is 3.96. The van der Waals surface area contributed by atoms with E-state index in [4.69, 9.17) is 5.73 Å². The maximum absolute atomic E-state index is 13.6. The second-order valence-electron chi connectivity index (χ2n) is 5.20. The Morgan fingerprint density at radius 1 is 1.47 bits per heavy atom. The van der Waals surface area contributed by atoms with E-state index in [1.54, 1.807) is 6.92 Å². The number of halogens is 2. The van der Waals surface area contributed by atoms with Gasteiger partial charge in [0, 0.05) is 18.2 Å². The maximum Gasteiger partial charge on any atom is 0.227 e. The van der Waals surface area contributed by atoms with Gasteiger partial charge in [-0.15, -0.1) is 0 Å². The molecule has 0 bridgehead atoms. The molecule has 3 N–H and O–H groups in total. The molecule has 19 heavy (non-hydrogen) atoms. The van der Waals surface area contributed by atoms with Crippen molar-refractivity contribution >= 4 is 5.91 Å². The van der Waals surface area contributed by atoms with Crippen LogP contribution in [0.1, 0.15) is 37.8 Å². The lowest BCUT2D eigenvalue weighted by atomic mass is 9.68. The molecule has 0 radical (unpaired) electrons. The predicted molar refractivity (Wildman–Crippen MR) is 68.3 cm³/mol. The summed E-state index contributed by atoms with van der Waals surface area (Å²) in [6, 6.07) is 2.85. The Labute approximate surface area is 111 Å². The number of nitrogens with two attached hydrogens (primary N) is 1. The zero-order valence-corrected chi connectivity index (χ0v) is 10.9. The average molecular weight is 268 g/mol. The van der Waals surface area contributed by atoms with Crippen molar-refractivity contribution < 1.29 is 13.6 Å². The van der Waals surface area contributed by atoms with Gasteiger partial charge in [-0.2, -0.15) is 0 Å². The van der Waals surface area contributed by atoms with E-state index in [9.17, 15) is 13.6 Å². The summed E-state index contributed by atoms with van der Waals surface area (Å²) in [5.74, 6) is -1.42. The molecule has 1 saturated carbocycles. The molecule has 1 aromatic rings. The van der Waals surface area contributed by atoms with Gasteiger partial charge >= 0.3 is 0 Å². The van der Waals surface area contributed by atoms with Gasteiger partial charge in [0.15, 0.2) is 0 Å². The van der Waals surface area contributed by atoms with E-state index < -0.39 is 23.1 Å². The Balaban J connectivity index is 2.08. The Kier molecular flexibility index (Phi) is 3.85. The van der Waals surface area contributed by atoms with E-state index in [2.05, 4.69) is 5.32 Å². The smallest absolute Gasteiger partial charge is 0.227 e. The summed E-state index contributed by atoms with van der Waals surface area (Å²) in [6.07, 6.45) is 2.53. The lowest BCUT2D eigenvalue weighted by molar-refractivity contribution is -0.135. The molecule has 5 heteroatoms. The quantitative estimate of drug-likeness (QED) is 0.880. The number of hydrogen-bond acceptors (Lipinski definition) is 2. The van der Waals surface area contributed by atoms with Crippen LogP contribution in [0, 0.1) is 17.0 Å². The standard InChI is InChI=1S/C14H18F2N2O/c1-9(11-4-3-10(15)7-12(11)16)18-13(19)14(8-17)5-2-6-14/h3-4,7,9H,2,5-6,8,17H2,1H3,(H,18,19). The molecule has 2 rings (SSSR count). The van der Waals surface area contributed by atoms with Gasteiger partial charge in [0.05, 0.1) is 11.5 Å². The Morgan fingerprint density at radius 3 is 2.63 bits per heavy atom. The van der Waals surface area contributed by atoms with E-state index in [0.29, 0.717) is 6.54 Å². The second-order valence-corrected chi connectivity index (χ2v) is 5.20. The van der Waals surface area contributed by atoms with E-state index in [0.717, 1.165) is 25.3 Å². The minimum atomic E-state index is -0.650. The SMILES string of the molecule is CC(NC(=O)C1(CN)CCC1)c1ccc(F)cc1F. The largest absolute Gasteiger partial charge is 0.349 e. The molecular formula is C14H18F2N2O. The first-order chi connectivity index (χ1) is 8.98. The number of carbonyl (C=O) groups is 1. The molecule has 1 atom stereocenters. The monoisotopic (exact) mass is 268 g/mol. The molecule has 1 aliphatic rings. The summed E-state index contributed by atoms with van der Waals surface area (Å²) >= 11 is 0. The van der Waals surface area contributed by atoms with Gasteiger partial charge in [-0.25, -0.2) is 8.78 Å². The Bertz CT molecular complexity index is 481. The van der Waals surface area contributed by atoms with Gasteiger partial charge in [-0.1, -0.05) is 12.5 Å². The lowest BCUT2D eigenvalue weighted by Gasteiger charge is -2.39. The average Bonchev–Trinajstić information content (AvgIpc) is 2.27. The fraction of sp³-hybridized carbons (Fsp3) is 0.500. The zero-order valence-electron chi connectivity index (χ0n) is 10.9. The van der Waals surface area contributed by atoms with E-state index in [-0.39, 0.29) is 11.5 Å². The minimum Gasteiger partial charge on any atom is -0.349 e. The summed E-state index contributed by atoms with van der Waals surface area (Å²) in [6.45, 7) is 1.98. The molecule has 1 aromatic carbocycles. The number of rotatable bonds is 4. The van der Waals surface area contributed by atoms with Gasteiger partial charge in [0.1, 0.15) is 11.6 Å². The highest BCUT2D eigenvalue weighted by molar-refractivity contribution is 5.84. The first-order valence-electron chi connectivity index (χ1n) is 6.44. The third-order valence-corrected chi connectivity index (χ3v) is 3.96. The van der Waals surface area contributed by atoms with Gasteiger partial charge in [0.2, 0.25) is 5.91 Å². The van der Waals surface area contributed by atoms with Gasteiger partial charge in [-0.3, -0.25) is 4.79 Å². The number of hydrogen-bond donors (Lipinski definition) is 2. The van der Waals surface area contributed by atoms with Crippen LogP contribution in [0.4, 0.5) is 8.78 Å². The Morgan fingerprint density at radius 2 is 2.16 bits per heavy atom. The predicted octanol–water partition coefficient (Wildman–Crippen LogP) is 2.27. The molecule has 104 valence electrons. The highest BCUT2D eigenvalue weighted by atomic mass is 19.1. The first-order valence-corrected chi connectivity index (χ1v) is 6.44. The van der Waals surface area contributed by atoms with Crippen molar-refractivity contribution in [3.8, 4) is 0 Å². The highest BCUT2D eigenvalue weighted by Crippen LogP contribution is 2.40. The molecule has 0 aromatic heterocycles. The van der Waals surface area contributed by atoms with Crippen LogP contribution in [0.5, 0.6) is 0 Å². The number of carbonyl (C=O) groups excluding carboxylic acids is 1. The highest BCUT2D eigenvalue weighted by Gasteiger charge is 2.43. The summed E-state index contributed by atoms with van der Waals surface area (Å²) in [5, 5.41) is 2.77. The lowest BCUT2D eigenvalue weighted by Crippen LogP contribution is -2.50. The van der Waals surface area contributed by atoms with Gasteiger partial charge in [-0.05, 0) is 25.8 Å². The first kappa shape index (κ1) is 13.9. The minimum absolute atomic E-state index is 0.141. The maximum atomic E-state index is 13.6. The molecule has 0 aliphatic heterocycles. The fourth-order valence-electron chi connectivity index (χ4n) is 2.41. The molecule has 0 spiro atoms. The molecule has 1 amide bonds. The topological polar surface area (TPSA) is 55.1 Å². The van der Waals surface area contributed by atoms with Crippen LogP contribution in [-0.2, 0) is 4.79 Å². The number of amides is 1. The molecule has 0 heterocycles. The summed E-state index contributed by atoms with van der Waals surface area (Å²) in [4.78, 5) is 12.2. The van der Waals surface area contributed by atoms with E-state index in [1.165, 1.54) is 12.1 Å². The fourth-order valence-corrected chi connectivity index (χ4v) is 2.41. The number of nitrogens with one attached hydrogen (secondary N) is 1. The van der Waals surface area contributed by atoms with Crippen molar-refractivity contribution in [1.29, 1.82) is 0 Å². The van der Waals surface area contributed by atoms with Crippen molar-refractivity contribution in [1.82, 2.24) is 5.32 Å².